The highest BCUT2D eigenvalue weighted by Gasteiger charge is 2.31. The average Bonchev–Trinajstić information content (AvgIpc) is 2.96. The molecule has 0 bridgehead atoms. The topological polar surface area (TPSA) is 99.2 Å². The second kappa shape index (κ2) is 12.8. The molecule has 9 heteroatoms. The van der Waals surface area contributed by atoms with E-state index in [0.717, 1.165) is 12.1 Å². The molecule has 1 aliphatic rings. The van der Waals surface area contributed by atoms with Crippen LogP contribution in [0.25, 0.3) is 0 Å². The summed E-state index contributed by atoms with van der Waals surface area (Å²) in [6.45, 7) is 7.43. The second-order valence-corrected chi connectivity index (χ2v) is 12.5. The monoisotopic (exact) mass is 565 g/mol. The molecule has 3 aromatic carbocycles. The summed E-state index contributed by atoms with van der Waals surface area (Å²) in [5.74, 6) is 0.381. The zero-order valence-electron chi connectivity index (χ0n) is 23.6. The maximum atomic E-state index is 13.5. The Kier molecular flexibility index (Phi) is 9.50. The lowest BCUT2D eigenvalue weighted by molar-refractivity contribution is -0.134. The van der Waals surface area contributed by atoms with Gasteiger partial charge in [-0.15, -0.1) is 0 Å². The van der Waals surface area contributed by atoms with Gasteiger partial charge in [0.15, 0.2) is 0 Å². The molecule has 2 N–H and O–H groups in total. The SMILES string of the molecule is Cc1ccc(S(=O)(=O)Nc2ccc3c(c2)CC(=O)N([C@H](C)CO)C[C@@H](C)[C@@H](CN(C)Cc2ccccc2)O3)cc1. The summed E-state index contributed by atoms with van der Waals surface area (Å²) in [6.07, 6.45) is -0.221. The average molecular weight is 566 g/mol. The van der Waals surface area contributed by atoms with Gasteiger partial charge < -0.3 is 14.7 Å². The predicted octanol–water partition coefficient (Wildman–Crippen LogP) is 4.08. The van der Waals surface area contributed by atoms with Crippen LogP contribution in [0, 0.1) is 12.8 Å². The van der Waals surface area contributed by atoms with Gasteiger partial charge in [0.2, 0.25) is 5.91 Å². The molecule has 214 valence electrons. The number of nitrogens with zero attached hydrogens (tertiary/aromatic N) is 2. The molecule has 0 spiro atoms. The fourth-order valence-electron chi connectivity index (χ4n) is 4.91. The van der Waals surface area contributed by atoms with Gasteiger partial charge in [-0.3, -0.25) is 14.4 Å². The molecule has 0 saturated carbocycles. The van der Waals surface area contributed by atoms with Gasteiger partial charge in [-0.1, -0.05) is 55.0 Å². The third-order valence-corrected chi connectivity index (χ3v) is 8.68. The number of likely N-dealkylation sites (N-methyl/N-ethyl adjacent to an activating group) is 1. The molecule has 40 heavy (non-hydrogen) atoms. The van der Waals surface area contributed by atoms with Gasteiger partial charge in [0.25, 0.3) is 10.0 Å². The van der Waals surface area contributed by atoms with Gasteiger partial charge in [-0.25, -0.2) is 8.42 Å². The number of aliphatic hydroxyl groups excluding tert-OH is 1. The van der Waals surface area contributed by atoms with Gasteiger partial charge in [0.05, 0.1) is 24.0 Å². The Labute approximate surface area is 237 Å². The predicted molar refractivity (Wildman–Crippen MR) is 157 cm³/mol. The highest BCUT2D eigenvalue weighted by molar-refractivity contribution is 7.92. The van der Waals surface area contributed by atoms with E-state index in [0.29, 0.717) is 30.1 Å². The van der Waals surface area contributed by atoms with Crippen LogP contribution >= 0.6 is 0 Å². The second-order valence-electron chi connectivity index (χ2n) is 10.8. The third-order valence-electron chi connectivity index (χ3n) is 7.29. The lowest BCUT2D eigenvalue weighted by Crippen LogP contribution is -2.47. The number of carbonyl (C=O) groups excluding carboxylic acids is 1. The Morgan fingerprint density at radius 1 is 1.10 bits per heavy atom. The van der Waals surface area contributed by atoms with Crippen LogP contribution in [-0.2, 0) is 27.8 Å². The zero-order valence-corrected chi connectivity index (χ0v) is 24.4. The van der Waals surface area contributed by atoms with Crippen LogP contribution in [0.3, 0.4) is 0 Å². The first-order valence-corrected chi connectivity index (χ1v) is 15.1. The highest BCUT2D eigenvalue weighted by Crippen LogP contribution is 2.30. The third kappa shape index (κ3) is 7.41. The smallest absolute Gasteiger partial charge is 0.261 e. The Bertz CT molecular complexity index is 1400. The number of fused-ring (bicyclic) bond motifs is 1. The lowest BCUT2D eigenvalue weighted by Gasteiger charge is -2.34. The van der Waals surface area contributed by atoms with Crippen molar-refractivity contribution >= 4 is 21.6 Å². The van der Waals surface area contributed by atoms with E-state index < -0.39 is 10.0 Å². The Morgan fingerprint density at radius 3 is 2.48 bits per heavy atom. The molecule has 0 fully saturated rings. The summed E-state index contributed by atoms with van der Waals surface area (Å²) in [5, 5.41) is 9.88. The summed E-state index contributed by atoms with van der Waals surface area (Å²) < 4.78 is 35.2. The number of anilines is 1. The van der Waals surface area contributed by atoms with Crippen molar-refractivity contribution in [1.82, 2.24) is 9.80 Å². The van der Waals surface area contributed by atoms with Crippen LogP contribution < -0.4 is 9.46 Å². The van der Waals surface area contributed by atoms with Crippen molar-refractivity contribution in [3.8, 4) is 5.75 Å². The number of benzene rings is 3. The summed E-state index contributed by atoms with van der Waals surface area (Å²) in [6, 6.07) is 21.5. The van der Waals surface area contributed by atoms with Crippen LogP contribution in [0.4, 0.5) is 5.69 Å². The molecular weight excluding hydrogens is 526 g/mol. The molecule has 1 amide bonds. The molecule has 1 aliphatic heterocycles. The number of hydrogen-bond acceptors (Lipinski definition) is 6. The van der Waals surface area contributed by atoms with E-state index >= 15 is 0 Å². The summed E-state index contributed by atoms with van der Waals surface area (Å²) in [4.78, 5) is 17.5. The van der Waals surface area contributed by atoms with Gasteiger partial charge in [0.1, 0.15) is 11.9 Å². The number of amides is 1. The van der Waals surface area contributed by atoms with Crippen LogP contribution in [0.5, 0.6) is 5.75 Å². The number of ether oxygens (including phenoxy) is 1. The number of sulfonamides is 1. The minimum atomic E-state index is -3.81. The summed E-state index contributed by atoms with van der Waals surface area (Å²) in [7, 11) is -1.77. The minimum absolute atomic E-state index is 0.0261. The quantitative estimate of drug-likeness (QED) is 0.406. The molecule has 8 nitrogen and oxygen atoms in total. The molecule has 4 rings (SSSR count). The molecule has 0 aliphatic carbocycles. The first kappa shape index (κ1) is 29.6. The van der Waals surface area contributed by atoms with Gasteiger partial charge >= 0.3 is 0 Å². The normalized spacial score (nSPS) is 18.8. The van der Waals surface area contributed by atoms with Gasteiger partial charge in [0, 0.05) is 36.8 Å². The molecule has 0 unspecified atom stereocenters. The van der Waals surface area contributed by atoms with E-state index in [-0.39, 0.29) is 41.9 Å². The van der Waals surface area contributed by atoms with Crippen molar-refractivity contribution in [2.24, 2.45) is 5.92 Å². The highest BCUT2D eigenvalue weighted by atomic mass is 32.2. The van der Waals surface area contributed by atoms with Crippen molar-refractivity contribution < 1.29 is 23.1 Å². The maximum Gasteiger partial charge on any atom is 0.261 e. The van der Waals surface area contributed by atoms with Crippen LogP contribution in [0.1, 0.15) is 30.5 Å². The molecule has 0 aromatic heterocycles. The lowest BCUT2D eigenvalue weighted by atomic mass is 10.0. The number of hydrogen-bond donors (Lipinski definition) is 2. The van der Waals surface area contributed by atoms with Crippen molar-refractivity contribution in [1.29, 1.82) is 0 Å². The summed E-state index contributed by atoms with van der Waals surface area (Å²) in [5.41, 5.74) is 3.10. The number of nitrogens with one attached hydrogen (secondary N) is 1. The van der Waals surface area contributed by atoms with E-state index in [4.69, 9.17) is 4.74 Å². The van der Waals surface area contributed by atoms with Crippen LogP contribution in [0.2, 0.25) is 0 Å². The van der Waals surface area contributed by atoms with Crippen molar-refractivity contribution in [2.75, 3.05) is 31.5 Å². The van der Waals surface area contributed by atoms with Crippen molar-refractivity contribution in [3.63, 3.8) is 0 Å². The maximum absolute atomic E-state index is 13.5. The molecular formula is C31H39N3O5S. The van der Waals surface area contributed by atoms with E-state index in [1.807, 2.05) is 39.1 Å². The molecule has 0 radical (unpaired) electrons. The molecule has 1 heterocycles. The van der Waals surface area contributed by atoms with Crippen LogP contribution in [-0.4, -0.2) is 68.1 Å². The molecule has 0 saturated heterocycles. The van der Waals surface area contributed by atoms with Crippen LogP contribution in [0.15, 0.2) is 77.7 Å². The zero-order chi connectivity index (χ0) is 28.9. The van der Waals surface area contributed by atoms with E-state index in [9.17, 15) is 18.3 Å². The van der Waals surface area contributed by atoms with E-state index in [2.05, 4.69) is 28.7 Å². The van der Waals surface area contributed by atoms with Gasteiger partial charge in [-0.05, 0) is 56.8 Å². The largest absolute Gasteiger partial charge is 0.488 e. The number of aryl methyl sites for hydroxylation is 1. The minimum Gasteiger partial charge on any atom is -0.488 e. The van der Waals surface area contributed by atoms with Crippen molar-refractivity contribution in [3.05, 3.63) is 89.5 Å². The van der Waals surface area contributed by atoms with E-state index in [1.54, 1.807) is 47.4 Å². The summed E-state index contributed by atoms with van der Waals surface area (Å²) >= 11 is 0. The Hall–Kier alpha value is -3.40. The van der Waals surface area contributed by atoms with E-state index in [1.165, 1.54) is 5.56 Å². The number of carbonyl (C=O) groups is 1. The molecule has 3 atom stereocenters. The first-order chi connectivity index (χ1) is 19.1. The Morgan fingerprint density at radius 2 is 1.80 bits per heavy atom. The van der Waals surface area contributed by atoms with Crippen molar-refractivity contribution in [2.45, 2.75) is 50.8 Å². The van der Waals surface area contributed by atoms with Gasteiger partial charge in [-0.2, -0.15) is 0 Å². The number of rotatable bonds is 9. The fourth-order valence-corrected chi connectivity index (χ4v) is 5.96. The first-order valence-electron chi connectivity index (χ1n) is 13.6. The fraction of sp³-hybridized carbons (Fsp3) is 0.387. The number of aliphatic hydroxyl groups is 1. The Balaban J connectivity index is 1.63. The standard InChI is InChI=1S/C31H39N3O5S/c1-22-10-13-28(14-11-22)40(37,38)32-27-12-15-29-26(16-27)17-31(36)34(24(3)21-35)18-23(2)30(39-29)20-33(4)19-25-8-6-5-7-9-25/h5-16,23-24,30,32,35H,17-21H2,1-4H3/t23-,24-,30-/m1/s1. The molecule has 3 aromatic rings.